The van der Waals surface area contributed by atoms with Crippen molar-refractivity contribution in [2.45, 2.75) is 13.3 Å². The van der Waals surface area contributed by atoms with E-state index in [-0.39, 0.29) is 0 Å². The topological polar surface area (TPSA) is 48.6 Å². The van der Waals surface area contributed by atoms with E-state index in [0.717, 1.165) is 40.4 Å². The molecule has 5 nitrogen and oxygen atoms in total. The second-order valence-electron chi connectivity index (χ2n) is 6.01. The first-order valence-corrected chi connectivity index (χ1v) is 9.03. The quantitative estimate of drug-likeness (QED) is 0.564. The summed E-state index contributed by atoms with van der Waals surface area (Å²) in [7, 11) is 3.26. The van der Waals surface area contributed by atoms with Crippen molar-refractivity contribution in [1.82, 2.24) is 9.78 Å². The van der Waals surface area contributed by atoms with Crippen LogP contribution < -0.4 is 9.47 Å². The van der Waals surface area contributed by atoms with Crippen molar-refractivity contribution in [1.29, 1.82) is 0 Å². The number of halogens is 1. The molecule has 1 heterocycles. The third-order valence-corrected chi connectivity index (χ3v) is 4.61. The maximum Gasteiger partial charge on any atom is 0.160 e. The Morgan fingerprint density at radius 2 is 1.81 bits per heavy atom. The van der Waals surface area contributed by atoms with Gasteiger partial charge in [-0.1, -0.05) is 35.9 Å². The second kappa shape index (κ2) is 8.73. The fourth-order valence-corrected chi connectivity index (χ4v) is 3.10. The number of benzene rings is 2. The van der Waals surface area contributed by atoms with Crippen LogP contribution >= 0.6 is 11.6 Å². The van der Waals surface area contributed by atoms with Gasteiger partial charge >= 0.3 is 0 Å². The minimum Gasteiger partial charge on any atom is -0.493 e. The molecule has 0 aliphatic rings. The van der Waals surface area contributed by atoms with Crippen molar-refractivity contribution in [2.75, 3.05) is 20.8 Å². The minimum atomic E-state index is 0.563. The molecule has 3 aromatic rings. The average molecular weight is 384 g/mol. The normalized spacial score (nSPS) is 11.1. The SMILES string of the molecule is COc1ccc(CCN=Cc2c(C)nn(-c3ccccc3)c2Cl)cc1OC. The third-order valence-electron chi connectivity index (χ3n) is 4.25. The second-order valence-corrected chi connectivity index (χ2v) is 6.37. The van der Waals surface area contributed by atoms with E-state index in [4.69, 9.17) is 21.1 Å². The molecule has 27 heavy (non-hydrogen) atoms. The monoisotopic (exact) mass is 383 g/mol. The zero-order valence-corrected chi connectivity index (χ0v) is 16.4. The molecule has 140 valence electrons. The molecule has 0 aliphatic heterocycles. The van der Waals surface area contributed by atoms with Crippen molar-refractivity contribution in [2.24, 2.45) is 4.99 Å². The van der Waals surface area contributed by atoms with E-state index in [1.54, 1.807) is 25.1 Å². The number of methoxy groups -OCH3 is 2. The molecule has 0 amide bonds. The van der Waals surface area contributed by atoms with Crippen LogP contribution in [0.1, 0.15) is 16.8 Å². The Hall–Kier alpha value is -2.79. The number of hydrogen-bond donors (Lipinski definition) is 0. The van der Waals surface area contributed by atoms with E-state index in [9.17, 15) is 0 Å². The van der Waals surface area contributed by atoms with Crippen LogP contribution in [0.4, 0.5) is 0 Å². The van der Waals surface area contributed by atoms with E-state index in [1.807, 2.05) is 55.5 Å². The average Bonchev–Trinajstić information content (AvgIpc) is 2.99. The van der Waals surface area contributed by atoms with Crippen molar-refractivity contribution < 1.29 is 9.47 Å². The molecule has 0 saturated heterocycles. The molecule has 0 bridgehead atoms. The van der Waals surface area contributed by atoms with Crippen LogP contribution in [-0.2, 0) is 6.42 Å². The van der Waals surface area contributed by atoms with E-state index in [0.29, 0.717) is 11.7 Å². The number of rotatable bonds is 7. The van der Waals surface area contributed by atoms with Crippen LogP contribution in [0.25, 0.3) is 5.69 Å². The van der Waals surface area contributed by atoms with Crippen molar-refractivity contribution in [3.63, 3.8) is 0 Å². The summed E-state index contributed by atoms with van der Waals surface area (Å²) in [5.41, 5.74) is 3.75. The molecule has 0 spiro atoms. The summed E-state index contributed by atoms with van der Waals surface area (Å²) < 4.78 is 12.3. The lowest BCUT2D eigenvalue weighted by Gasteiger charge is -2.08. The van der Waals surface area contributed by atoms with Crippen LogP contribution in [0.5, 0.6) is 11.5 Å². The number of aliphatic imine (C=N–C) groups is 1. The number of nitrogens with zero attached hydrogens (tertiary/aromatic N) is 3. The van der Waals surface area contributed by atoms with Gasteiger partial charge in [-0.3, -0.25) is 4.99 Å². The number of aromatic nitrogens is 2. The van der Waals surface area contributed by atoms with Gasteiger partial charge in [0, 0.05) is 12.8 Å². The standard InChI is InChI=1S/C21H22ClN3O2/c1-15-18(21(22)25(24-15)17-7-5-4-6-8-17)14-23-12-11-16-9-10-19(26-2)20(13-16)27-3/h4-10,13-14H,11-12H2,1-3H3. The molecule has 0 unspecified atom stereocenters. The Morgan fingerprint density at radius 3 is 2.52 bits per heavy atom. The van der Waals surface area contributed by atoms with E-state index in [2.05, 4.69) is 10.1 Å². The number of aryl methyl sites for hydroxylation is 1. The maximum absolute atomic E-state index is 6.51. The van der Waals surface area contributed by atoms with Gasteiger partial charge in [0.05, 0.1) is 31.2 Å². The zero-order chi connectivity index (χ0) is 19.2. The molecule has 0 aliphatic carbocycles. The summed E-state index contributed by atoms with van der Waals surface area (Å²) in [5, 5.41) is 5.09. The lowest BCUT2D eigenvalue weighted by atomic mass is 10.1. The van der Waals surface area contributed by atoms with Crippen LogP contribution in [0.3, 0.4) is 0 Å². The fraction of sp³-hybridized carbons (Fsp3) is 0.238. The Kier molecular flexibility index (Phi) is 6.14. The summed E-state index contributed by atoms with van der Waals surface area (Å²) in [6.07, 6.45) is 2.59. The minimum absolute atomic E-state index is 0.563. The van der Waals surface area contributed by atoms with E-state index in [1.165, 1.54) is 0 Å². The van der Waals surface area contributed by atoms with Gasteiger partial charge in [-0.2, -0.15) is 5.10 Å². The summed E-state index contributed by atoms with van der Waals surface area (Å²) in [6, 6.07) is 15.7. The number of hydrogen-bond acceptors (Lipinski definition) is 4. The summed E-state index contributed by atoms with van der Waals surface area (Å²) >= 11 is 6.51. The van der Waals surface area contributed by atoms with Gasteiger partial charge in [0.2, 0.25) is 0 Å². The molecule has 6 heteroatoms. The van der Waals surface area contributed by atoms with Crippen LogP contribution in [0.15, 0.2) is 53.5 Å². The summed E-state index contributed by atoms with van der Waals surface area (Å²) in [6.45, 7) is 2.57. The predicted octanol–water partition coefficient (Wildman–Crippen LogP) is 4.51. The molecule has 0 saturated carbocycles. The van der Waals surface area contributed by atoms with Gasteiger partial charge in [-0.25, -0.2) is 4.68 Å². The Bertz CT molecular complexity index is 936. The molecule has 0 N–H and O–H groups in total. The zero-order valence-electron chi connectivity index (χ0n) is 15.6. The number of para-hydroxylation sites is 1. The molecule has 1 aromatic heterocycles. The van der Waals surface area contributed by atoms with Crippen molar-refractivity contribution in [3.05, 3.63) is 70.5 Å². The van der Waals surface area contributed by atoms with Crippen molar-refractivity contribution in [3.8, 4) is 17.2 Å². The first kappa shape index (κ1) is 19.0. The molecule has 0 fully saturated rings. The molecule has 2 aromatic carbocycles. The Balaban J connectivity index is 1.70. The fourth-order valence-electron chi connectivity index (χ4n) is 2.78. The first-order chi connectivity index (χ1) is 13.1. The molecule has 3 rings (SSSR count). The van der Waals surface area contributed by atoms with E-state index >= 15 is 0 Å². The van der Waals surface area contributed by atoms with Crippen LogP contribution in [-0.4, -0.2) is 36.8 Å². The molecular weight excluding hydrogens is 362 g/mol. The Labute approximate surface area is 164 Å². The van der Waals surface area contributed by atoms with Gasteiger partial charge in [0.15, 0.2) is 11.5 Å². The lowest BCUT2D eigenvalue weighted by molar-refractivity contribution is 0.354. The predicted molar refractivity (Wildman–Crippen MR) is 109 cm³/mol. The van der Waals surface area contributed by atoms with Gasteiger partial charge in [0.25, 0.3) is 0 Å². The van der Waals surface area contributed by atoms with Crippen LogP contribution in [0, 0.1) is 6.92 Å². The summed E-state index contributed by atoms with van der Waals surface area (Å²) in [5.74, 6) is 1.45. The van der Waals surface area contributed by atoms with Crippen LogP contribution in [0.2, 0.25) is 5.15 Å². The highest BCUT2D eigenvalue weighted by Crippen LogP contribution is 2.27. The first-order valence-electron chi connectivity index (χ1n) is 8.65. The van der Waals surface area contributed by atoms with E-state index < -0.39 is 0 Å². The Morgan fingerprint density at radius 1 is 1.07 bits per heavy atom. The van der Waals surface area contributed by atoms with Gasteiger partial charge in [0.1, 0.15) is 5.15 Å². The highest BCUT2D eigenvalue weighted by atomic mass is 35.5. The highest BCUT2D eigenvalue weighted by molar-refractivity contribution is 6.32. The third kappa shape index (κ3) is 4.31. The van der Waals surface area contributed by atoms with Crippen molar-refractivity contribution >= 4 is 17.8 Å². The van der Waals surface area contributed by atoms with Gasteiger partial charge in [-0.05, 0) is 43.2 Å². The molecule has 0 atom stereocenters. The smallest absolute Gasteiger partial charge is 0.160 e. The number of ether oxygens (including phenoxy) is 2. The maximum atomic E-state index is 6.51. The largest absolute Gasteiger partial charge is 0.493 e. The lowest BCUT2D eigenvalue weighted by Crippen LogP contribution is -1.96. The molecular formula is C21H22ClN3O2. The summed E-state index contributed by atoms with van der Waals surface area (Å²) in [4.78, 5) is 4.53. The highest BCUT2D eigenvalue weighted by Gasteiger charge is 2.12. The van der Waals surface area contributed by atoms with Gasteiger partial charge in [-0.15, -0.1) is 0 Å². The molecule has 0 radical (unpaired) electrons. The van der Waals surface area contributed by atoms with Gasteiger partial charge < -0.3 is 9.47 Å².